The van der Waals surface area contributed by atoms with E-state index in [1.165, 1.54) is 0 Å². The SMILES string of the molecule is COc1cccc(NC(=O)Cc2cccc(C)c2)c1. The Morgan fingerprint density at radius 3 is 2.68 bits per heavy atom. The topological polar surface area (TPSA) is 38.3 Å². The number of methoxy groups -OCH3 is 1. The summed E-state index contributed by atoms with van der Waals surface area (Å²) in [6.07, 6.45) is 0.374. The average molecular weight is 255 g/mol. The molecule has 0 aliphatic rings. The van der Waals surface area contributed by atoms with Crippen LogP contribution in [0.3, 0.4) is 0 Å². The van der Waals surface area contributed by atoms with Gasteiger partial charge >= 0.3 is 0 Å². The van der Waals surface area contributed by atoms with Crippen molar-refractivity contribution in [2.45, 2.75) is 13.3 Å². The van der Waals surface area contributed by atoms with Gasteiger partial charge in [-0.15, -0.1) is 0 Å². The summed E-state index contributed by atoms with van der Waals surface area (Å²) in [4.78, 5) is 11.9. The van der Waals surface area contributed by atoms with Crippen LogP contribution < -0.4 is 10.1 Å². The Labute approximate surface area is 113 Å². The summed E-state index contributed by atoms with van der Waals surface area (Å²) in [5, 5.41) is 2.87. The van der Waals surface area contributed by atoms with Gasteiger partial charge in [0.1, 0.15) is 5.75 Å². The van der Waals surface area contributed by atoms with Crippen LogP contribution in [0.25, 0.3) is 0 Å². The first-order valence-corrected chi connectivity index (χ1v) is 6.17. The molecule has 2 aromatic carbocycles. The van der Waals surface area contributed by atoms with Crippen LogP contribution in [0.5, 0.6) is 5.75 Å². The van der Waals surface area contributed by atoms with Crippen molar-refractivity contribution < 1.29 is 9.53 Å². The minimum atomic E-state index is -0.0288. The second-order valence-corrected chi connectivity index (χ2v) is 4.45. The number of carbonyl (C=O) groups excluding carboxylic acids is 1. The first-order valence-electron chi connectivity index (χ1n) is 6.17. The summed E-state index contributed by atoms with van der Waals surface area (Å²) in [6.45, 7) is 2.02. The summed E-state index contributed by atoms with van der Waals surface area (Å²) in [6, 6.07) is 15.3. The van der Waals surface area contributed by atoms with E-state index in [0.29, 0.717) is 6.42 Å². The van der Waals surface area contributed by atoms with Gasteiger partial charge in [0, 0.05) is 11.8 Å². The monoisotopic (exact) mass is 255 g/mol. The molecule has 98 valence electrons. The van der Waals surface area contributed by atoms with E-state index in [-0.39, 0.29) is 5.91 Å². The molecule has 0 heterocycles. The Kier molecular flexibility index (Phi) is 4.18. The van der Waals surface area contributed by atoms with Crippen LogP contribution in [-0.2, 0) is 11.2 Å². The summed E-state index contributed by atoms with van der Waals surface area (Å²) in [5.41, 5.74) is 2.92. The number of anilines is 1. The zero-order valence-electron chi connectivity index (χ0n) is 11.1. The Morgan fingerprint density at radius 1 is 1.16 bits per heavy atom. The Morgan fingerprint density at radius 2 is 1.95 bits per heavy atom. The average Bonchev–Trinajstić information content (AvgIpc) is 2.38. The zero-order valence-corrected chi connectivity index (χ0v) is 11.1. The highest BCUT2D eigenvalue weighted by molar-refractivity contribution is 5.92. The van der Waals surface area contributed by atoms with Gasteiger partial charge in [-0.3, -0.25) is 4.79 Å². The van der Waals surface area contributed by atoms with Crippen LogP contribution >= 0.6 is 0 Å². The zero-order chi connectivity index (χ0) is 13.7. The predicted octanol–water partition coefficient (Wildman–Crippen LogP) is 3.18. The lowest BCUT2D eigenvalue weighted by Gasteiger charge is -2.07. The minimum absolute atomic E-state index is 0.0288. The number of benzene rings is 2. The molecule has 3 nitrogen and oxygen atoms in total. The molecule has 0 saturated heterocycles. The van der Waals surface area contributed by atoms with Gasteiger partial charge in [-0.2, -0.15) is 0 Å². The van der Waals surface area contributed by atoms with Crippen molar-refractivity contribution in [3.8, 4) is 5.75 Å². The summed E-state index contributed by atoms with van der Waals surface area (Å²) in [7, 11) is 1.60. The van der Waals surface area contributed by atoms with Crippen molar-refractivity contribution in [2.24, 2.45) is 0 Å². The van der Waals surface area contributed by atoms with Gasteiger partial charge < -0.3 is 10.1 Å². The largest absolute Gasteiger partial charge is 0.497 e. The number of hydrogen-bond donors (Lipinski definition) is 1. The molecule has 0 fully saturated rings. The van der Waals surface area contributed by atoms with Crippen LogP contribution in [0.1, 0.15) is 11.1 Å². The number of nitrogens with one attached hydrogen (secondary N) is 1. The molecule has 0 aliphatic heterocycles. The highest BCUT2D eigenvalue weighted by Gasteiger charge is 2.05. The molecule has 0 atom stereocenters. The number of carbonyl (C=O) groups is 1. The molecule has 19 heavy (non-hydrogen) atoms. The van der Waals surface area contributed by atoms with Gasteiger partial charge in [0.15, 0.2) is 0 Å². The lowest BCUT2D eigenvalue weighted by molar-refractivity contribution is -0.115. The van der Waals surface area contributed by atoms with Gasteiger partial charge in [-0.25, -0.2) is 0 Å². The van der Waals surface area contributed by atoms with E-state index in [1.807, 2.05) is 49.4 Å². The second-order valence-electron chi connectivity index (χ2n) is 4.45. The first-order chi connectivity index (χ1) is 9.17. The Balaban J connectivity index is 2.01. The van der Waals surface area contributed by atoms with Gasteiger partial charge in [-0.1, -0.05) is 35.9 Å². The van der Waals surface area contributed by atoms with Crippen molar-refractivity contribution in [1.82, 2.24) is 0 Å². The molecule has 0 unspecified atom stereocenters. The molecule has 0 spiro atoms. The first kappa shape index (κ1) is 13.1. The second kappa shape index (κ2) is 6.05. The molecule has 0 saturated carbocycles. The van der Waals surface area contributed by atoms with E-state index in [4.69, 9.17) is 4.74 Å². The van der Waals surface area contributed by atoms with Gasteiger partial charge in [0.2, 0.25) is 5.91 Å². The van der Waals surface area contributed by atoms with Crippen molar-refractivity contribution in [1.29, 1.82) is 0 Å². The van der Waals surface area contributed by atoms with Crippen LogP contribution in [0, 0.1) is 6.92 Å². The fourth-order valence-electron chi connectivity index (χ4n) is 1.91. The Bertz CT molecular complexity index is 578. The lowest BCUT2D eigenvalue weighted by atomic mass is 10.1. The number of rotatable bonds is 4. The quantitative estimate of drug-likeness (QED) is 0.911. The normalized spacial score (nSPS) is 10.0. The van der Waals surface area contributed by atoms with E-state index in [0.717, 1.165) is 22.6 Å². The maximum Gasteiger partial charge on any atom is 0.228 e. The maximum absolute atomic E-state index is 11.9. The fraction of sp³-hybridized carbons (Fsp3) is 0.188. The van der Waals surface area contributed by atoms with Crippen molar-refractivity contribution in [3.63, 3.8) is 0 Å². The van der Waals surface area contributed by atoms with E-state index >= 15 is 0 Å². The highest BCUT2D eigenvalue weighted by atomic mass is 16.5. The van der Waals surface area contributed by atoms with E-state index in [9.17, 15) is 4.79 Å². The molecule has 0 aromatic heterocycles. The van der Waals surface area contributed by atoms with E-state index in [2.05, 4.69) is 5.32 Å². The molecule has 0 radical (unpaired) electrons. The number of ether oxygens (including phenoxy) is 1. The van der Waals surface area contributed by atoms with Gasteiger partial charge in [0.25, 0.3) is 0 Å². The van der Waals surface area contributed by atoms with E-state index < -0.39 is 0 Å². The van der Waals surface area contributed by atoms with Crippen LogP contribution in [0.4, 0.5) is 5.69 Å². The number of amides is 1. The molecule has 1 amide bonds. The Hall–Kier alpha value is -2.29. The van der Waals surface area contributed by atoms with Gasteiger partial charge in [-0.05, 0) is 24.6 Å². The highest BCUT2D eigenvalue weighted by Crippen LogP contribution is 2.17. The summed E-state index contributed by atoms with van der Waals surface area (Å²) in [5.74, 6) is 0.701. The van der Waals surface area contributed by atoms with Crippen LogP contribution in [0.15, 0.2) is 48.5 Å². The number of aryl methyl sites for hydroxylation is 1. The third kappa shape index (κ3) is 3.85. The maximum atomic E-state index is 11.9. The molecule has 2 aromatic rings. The molecule has 3 heteroatoms. The van der Waals surface area contributed by atoms with Gasteiger partial charge in [0.05, 0.1) is 13.5 Å². The molecular weight excluding hydrogens is 238 g/mol. The molecule has 2 rings (SSSR count). The summed E-state index contributed by atoms with van der Waals surface area (Å²) >= 11 is 0. The standard InChI is InChI=1S/C16H17NO2/c1-12-5-3-6-13(9-12)10-16(18)17-14-7-4-8-15(11-14)19-2/h3-9,11H,10H2,1-2H3,(H,17,18). The van der Waals surface area contributed by atoms with Crippen molar-refractivity contribution >= 4 is 11.6 Å². The molecule has 0 bridgehead atoms. The predicted molar refractivity (Wildman–Crippen MR) is 76.5 cm³/mol. The lowest BCUT2D eigenvalue weighted by Crippen LogP contribution is -2.14. The van der Waals surface area contributed by atoms with E-state index in [1.54, 1.807) is 13.2 Å². The smallest absolute Gasteiger partial charge is 0.228 e. The third-order valence-electron chi connectivity index (χ3n) is 2.80. The van der Waals surface area contributed by atoms with Crippen molar-refractivity contribution in [3.05, 3.63) is 59.7 Å². The molecule has 0 aliphatic carbocycles. The fourth-order valence-corrected chi connectivity index (χ4v) is 1.91. The van der Waals surface area contributed by atoms with Crippen molar-refractivity contribution in [2.75, 3.05) is 12.4 Å². The minimum Gasteiger partial charge on any atom is -0.497 e. The third-order valence-corrected chi connectivity index (χ3v) is 2.80. The number of hydrogen-bond acceptors (Lipinski definition) is 2. The molecule has 1 N–H and O–H groups in total. The van der Waals surface area contributed by atoms with Crippen LogP contribution in [0.2, 0.25) is 0 Å². The summed E-state index contributed by atoms with van der Waals surface area (Å²) < 4.78 is 5.12. The van der Waals surface area contributed by atoms with Crippen LogP contribution in [-0.4, -0.2) is 13.0 Å². The molecular formula is C16H17NO2.